The van der Waals surface area contributed by atoms with Crippen molar-refractivity contribution in [2.24, 2.45) is 0 Å². The van der Waals surface area contributed by atoms with E-state index >= 15 is 0 Å². The van der Waals surface area contributed by atoms with Crippen molar-refractivity contribution in [1.82, 2.24) is 10.2 Å². The Balaban J connectivity index is 2.76. The number of hydrogen-bond acceptors (Lipinski definition) is 3. The lowest BCUT2D eigenvalue weighted by Crippen LogP contribution is -2.72. The van der Waals surface area contributed by atoms with Gasteiger partial charge in [0.15, 0.2) is 0 Å². The van der Waals surface area contributed by atoms with Crippen molar-refractivity contribution in [2.75, 3.05) is 18.1 Å². The molecule has 2 amide bonds. The Morgan fingerprint density at radius 1 is 1.22 bits per heavy atom. The molecule has 18 heavy (non-hydrogen) atoms. The van der Waals surface area contributed by atoms with E-state index in [1.54, 1.807) is 18.7 Å². The summed E-state index contributed by atoms with van der Waals surface area (Å²) in [6, 6.07) is 0. The SMILES string of the molecule is CCSCCCN1C(=O)C(C)(C)NC(=O)C1(C)C. The van der Waals surface area contributed by atoms with Gasteiger partial charge >= 0.3 is 0 Å². The number of thioether (sulfide) groups is 1. The van der Waals surface area contributed by atoms with Gasteiger partial charge in [-0.3, -0.25) is 9.59 Å². The Labute approximate surface area is 114 Å². The third kappa shape index (κ3) is 2.99. The lowest BCUT2D eigenvalue weighted by Gasteiger charge is -2.47. The average Bonchev–Trinajstić information content (AvgIpc) is 2.25. The zero-order valence-electron chi connectivity index (χ0n) is 12.0. The maximum Gasteiger partial charge on any atom is 0.248 e. The first-order chi connectivity index (χ1) is 8.23. The number of nitrogens with one attached hydrogen (secondary N) is 1. The molecule has 4 nitrogen and oxygen atoms in total. The molecule has 5 heteroatoms. The topological polar surface area (TPSA) is 49.4 Å². The van der Waals surface area contributed by atoms with Crippen molar-refractivity contribution < 1.29 is 9.59 Å². The molecule has 0 atom stereocenters. The third-order valence-corrected chi connectivity index (χ3v) is 4.30. The van der Waals surface area contributed by atoms with Gasteiger partial charge in [0, 0.05) is 6.54 Å². The van der Waals surface area contributed by atoms with Gasteiger partial charge in [0.1, 0.15) is 11.1 Å². The van der Waals surface area contributed by atoms with E-state index in [0.29, 0.717) is 6.54 Å². The molecule has 1 saturated heterocycles. The number of rotatable bonds is 5. The number of hydrogen-bond donors (Lipinski definition) is 1. The minimum atomic E-state index is -0.787. The Hall–Kier alpha value is -0.710. The molecule has 0 bridgehead atoms. The van der Waals surface area contributed by atoms with Crippen LogP contribution in [0.2, 0.25) is 0 Å². The van der Waals surface area contributed by atoms with Crippen LogP contribution in [0.15, 0.2) is 0 Å². The van der Waals surface area contributed by atoms with Crippen molar-refractivity contribution in [3.8, 4) is 0 Å². The van der Waals surface area contributed by atoms with E-state index in [1.807, 2.05) is 25.6 Å². The Kier molecular flexibility index (Phi) is 4.70. The highest BCUT2D eigenvalue weighted by molar-refractivity contribution is 7.99. The lowest BCUT2D eigenvalue weighted by atomic mass is 9.89. The summed E-state index contributed by atoms with van der Waals surface area (Å²) in [7, 11) is 0. The van der Waals surface area contributed by atoms with Gasteiger partial charge in [-0.25, -0.2) is 0 Å². The van der Waals surface area contributed by atoms with E-state index in [4.69, 9.17) is 0 Å². The number of piperazine rings is 1. The summed E-state index contributed by atoms with van der Waals surface area (Å²) in [5.74, 6) is 2.05. The number of nitrogens with zero attached hydrogens (tertiary/aromatic N) is 1. The van der Waals surface area contributed by atoms with Crippen molar-refractivity contribution in [1.29, 1.82) is 0 Å². The van der Waals surface area contributed by atoms with Gasteiger partial charge < -0.3 is 10.2 Å². The summed E-state index contributed by atoms with van der Waals surface area (Å²) >= 11 is 1.86. The van der Waals surface area contributed by atoms with Crippen LogP contribution in [0.1, 0.15) is 41.0 Å². The van der Waals surface area contributed by atoms with Crippen molar-refractivity contribution in [3.05, 3.63) is 0 Å². The van der Waals surface area contributed by atoms with Crippen molar-refractivity contribution in [3.63, 3.8) is 0 Å². The summed E-state index contributed by atoms with van der Waals surface area (Å²) in [6.45, 7) is 9.91. The first-order valence-electron chi connectivity index (χ1n) is 6.46. The molecular weight excluding hydrogens is 248 g/mol. The van der Waals surface area contributed by atoms with Gasteiger partial charge in [0.25, 0.3) is 0 Å². The molecule has 0 saturated carbocycles. The minimum absolute atomic E-state index is 0.00796. The molecule has 0 aromatic rings. The van der Waals surface area contributed by atoms with E-state index < -0.39 is 11.1 Å². The summed E-state index contributed by atoms with van der Waals surface area (Å²) in [5, 5.41) is 2.79. The molecule has 0 aromatic carbocycles. The third-order valence-electron chi connectivity index (χ3n) is 3.31. The van der Waals surface area contributed by atoms with Crippen LogP contribution in [-0.4, -0.2) is 45.8 Å². The number of carbonyl (C=O) groups excluding carboxylic acids is 2. The first-order valence-corrected chi connectivity index (χ1v) is 7.61. The Bertz CT molecular complexity index is 340. The molecule has 0 radical (unpaired) electrons. The molecular formula is C13H24N2O2S. The van der Waals surface area contributed by atoms with Crippen LogP contribution in [0.4, 0.5) is 0 Å². The predicted molar refractivity (Wildman–Crippen MR) is 75.6 cm³/mol. The fourth-order valence-electron chi connectivity index (χ4n) is 2.05. The van der Waals surface area contributed by atoms with E-state index in [0.717, 1.165) is 17.9 Å². The highest BCUT2D eigenvalue weighted by Gasteiger charge is 2.49. The zero-order chi connectivity index (χ0) is 14.0. The smallest absolute Gasteiger partial charge is 0.248 e. The fourth-order valence-corrected chi connectivity index (χ4v) is 2.68. The summed E-state index contributed by atoms with van der Waals surface area (Å²) in [6.07, 6.45) is 0.928. The van der Waals surface area contributed by atoms with E-state index in [2.05, 4.69) is 12.2 Å². The quantitative estimate of drug-likeness (QED) is 0.774. The molecule has 0 aliphatic carbocycles. The molecule has 1 aliphatic heterocycles. The highest BCUT2D eigenvalue weighted by Crippen LogP contribution is 2.26. The van der Waals surface area contributed by atoms with Crippen molar-refractivity contribution >= 4 is 23.6 Å². The van der Waals surface area contributed by atoms with Crippen LogP contribution in [0.25, 0.3) is 0 Å². The van der Waals surface area contributed by atoms with Gasteiger partial charge in [-0.05, 0) is 45.6 Å². The van der Waals surface area contributed by atoms with E-state index in [1.165, 1.54) is 0 Å². The number of carbonyl (C=O) groups is 2. The standard InChI is InChI=1S/C13H24N2O2S/c1-6-18-9-7-8-15-11(17)12(2,3)14-10(16)13(15,4)5/h6-9H2,1-5H3,(H,14,16). The van der Waals surface area contributed by atoms with Crippen LogP contribution in [0.5, 0.6) is 0 Å². The molecule has 1 heterocycles. The molecule has 104 valence electrons. The van der Waals surface area contributed by atoms with Gasteiger partial charge in [-0.2, -0.15) is 11.8 Å². The monoisotopic (exact) mass is 272 g/mol. The van der Waals surface area contributed by atoms with E-state index in [-0.39, 0.29) is 11.8 Å². The molecule has 1 N–H and O–H groups in total. The average molecular weight is 272 g/mol. The van der Waals surface area contributed by atoms with Crippen LogP contribution in [0, 0.1) is 0 Å². The molecule has 1 rings (SSSR count). The zero-order valence-corrected chi connectivity index (χ0v) is 12.8. The highest BCUT2D eigenvalue weighted by atomic mass is 32.2. The largest absolute Gasteiger partial charge is 0.340 e. The van der Waals surface area contributed by atoms with Gasteiger partial charge in [0.05, 0.1) is 0 Å². The predicted octanol–water partition coefficient (Wildman–Crippen LogP) is 1.65. The molecule has 1 aliphatic rings. The Morgan fingerprint density at radius 3 is 2.39 bits per heavy atom. The lowest BCUT2D eigenvalue weighted by molar-refractivity contribution is -0.159. The van der Waals surface area contributed by atoms with Gasteiger partial charge in [-0.1, -0.05) is 6.92 Å². The van der Waals surface area contributed by atoms with Crippen molar-refractivity contribution in [2.45, 2.75) is 52.1 Å². The van der Waals surface area contributed by atoms with Crippen LogP contribution in [-0.2, 0) is 9.59 Å². The first kappa shape index (κ1) is 15.3. The maximum absolute atomic E-state index is 12.4. The van der Waals surface area contributed by atoms with E-state index in [9.17, 15) is 9.59 Å². The van der Waals surface area contributed by atoms with Crippen LogP contribution in [0.3, 0.4) is 0 Å². The summed E-state index contributed by atoms with van der Waals surface area (Å²) in [5.41, 5.74) is -1.53. The fraction of sp³-hybridized carbons (Fsp3) is 0.846. The summed E-state index contributed by atoms with van der Waals surface area (Å²) in [4.78, 5) is 26.2. The van der Waals surface area contributed by atoms with Gasteiger partial charge in [-0.15, -0.1) is 0 Å². The molecule has 1 fully saturated rings. The molecule has 0 aromatic heterocycles. The van der Waals surface area contributed by atoms with Crippen LogP contribution >= 0.6 is 11.8 Å². The normalized spacial score (nSPS) is 21.9. The second-order valence-electron chi connectivity index (χ2n) is 5.65. The molecule has 0 unspecified atom stereocenters. The summed E-state index contributed by atoms with van der Waals surface area (Å²) < 4.78 is 0. The second-order valence-corrected chi connectivity index (χ2v) is 7.04. The second kappa shape index (κ2) is 5.51. The maximum atomic E-state index is 12.4. The minimum Gasteiger partial charge on any atom is -0.340 e. The number of amides is 2. The molecule has 0 spiro atoms. The van der Waals surface area contributed by atoms with Gasteiger partial charge in [0.2, 0.25) is 11.8 Å². The van der Waals surface area contributed by atoms with Crippen LogP contribution < -0.4 is 5.32 Å². The Morgan fingerprint density at radius 2 is 1.83 bits per heavy atom.